The Bertz CT molecular complexity index is 695. The number of nitrogens with zero attached hydrogens (tertiary/aromatic N) is 1. The van der Waals surface area contributed by atoms with E-state index in [4.69, 9.17) is 14.2 Å². The molecule has 0 saturated carbocycles. The van der Waals surface area contributed by atoms with E-state index < -0.39 is 6.10 Å². The standard InChI is InChI=1S/C23H33NO4/c1-24(2)16-20(25)17-28-23-12-8-7-11-19(23)10-6-5-9-18-13-21(26-3)15-22(14-18)27-4/h7-8,11-15,20,25H,5-6,9-10,16-17H2,1-4H3. The maximum Gasteiger partial charge on any atom is 0.122 e. The fourth-order valence-corrected chi connectivity index (χ4v) is 3.17. The van der Waals surface area contributed by atoms with E-state index >= 15 is 0 Å². The van der Waals surface area contributed by atoms with Crippen molar-refractivity contribution in [1.82, 2.24) is 4.90 Å². The molecule has 0 aliphatic carbocycles. The lowest BCUT2D eigenvalue weighted by Gasteiger charge is -2.18. The zero-order valence-electron chi connectivity index (χ0n) is 17.5. The Morgan fingerprint density at radius 2 is 1.57 bits per heavy atom. The van der Waals surface area contributed by atoms with Crippen LogP contribution in [0.1, 0.15) is 24.0 Å². The van der Waals surface area contributed by atoms with E-state index in [9.17, 15) is 5.11 Å². The number of unbranched alkanes of at least 4 members (excludes halogenated alkanes) is 1. The van der Waals surface area contributed by atoms with Crippen LogP contribution < -0.4 is 14.2 Å². The summed E-state index contributed by atoms with van der Waals surface area (Å²) in [4.78, 5) is 1.95. The predicted octanol–water partition coefficient (Wildman–Crippen LogP) is 3.57. The monoisotopic (exact) mass is 387 g/mol. The minimum atomic E-state index is -0.494. The van der Waals surface area contributed by atoms with Crippen LogP contribution >= 0.6 is 0 Å². The van der Waals surface area contributed by atoms with Crippen LogP contribution in [0.3, 0.4) is 0 Å². The van der Waals surface area contributed by atoms with Gasteiger partial charge in [-0.05, 0) is 69.1 Å². The van der Waals surface area contributed by atoms with Crippen LogP contribution in [0, 0.1) is 0 Å². The molecule has 1 atom stereocenters. The number of aryl methyl sites for hydroxylation is 2. The Kier molecular flexibility index (Phi) is 9.11. The number of para-hydroxylation sites is 1. The SMILES string of the molecule is COc1cc(CCCCc2ccccc2OCC(O)CN(C)C)cc(OC)c1. The summed E-state index contributed by atoms with van der Waals surface area (Å²) in [5.41, 5.74) is 2.40. The molecule has 5 heteroatoms. The van der Waals surface area contributed by atoms with Crippen LogP contribution in [0.15, 0.2) is 42.5 Å². The van der Waals surface area contributed by atoms with Crippen LogP contribution in [0.2, 0.25) is 0 Å². The fraction of sp³-hybridized carbons (Fsp3) is 0.478. The molecule has 0 radical (unpaired) electrons. The molecule has 2 aromatic carbocycles. The van der Waals surface area contributed by atoms with E-state index in [-0.39, 0.29) is 0 Å². The molecule has 2 rings (SSSR count). The van der Waals surface area contributed by atoms with Gasteiger partial charge in [0.1, 0.15) is 30.0 Å². The molecule has 0 aliphatic rings. The third-order valence-corrected chi connectivity index (χ3v) is 4.55. The molecule has 1 N–H and O–H groups in total. The molecule has 154 valence electrons. The van der Waals surface area contributed by atoms with Crippen molar-refractivity contribution in [3.05, 3.63) is 53.6 Å². The van der Waals surface area contributed by atoms with Gasteiger partial charge in [-0.3, -0.25) is 0 Å². The summed E-state index contributed by atoms with van der Waals surface area (Å²) < 4.78 is 16.5. The van der Waals surface area contributed by atoms with E-state index in [1.807, 2.05) is 43.3 Å². The summed E-state index contributed by atoms with van der Waals surface area (Å²) in [7, 11) is 7.22. The molecule has 0 amide bonds. The van der Waals surface area contributed by atoms with E-state index in [2.05, 4.69) is 18.2 Å². The van der Waals surface area contributed by atoms with Gasteiger partial charge in [-0.25, -0.2) is 0 Å². The van der Waals surface area contributed by atoms with Gasteiger partial charge in [-0.15, -0.1) is 0 Å². The Balaban J connectivity index is 1.85. The van der Waals surface area contributed by atoms with Crippen LogP contribution in [-0.4, -0.2) is 57.6 Å². The van der Waals surface area contributed by atoms with Gasteiger partial charge in [0.25, 0.3) is 0 Å². The number of ether oxygens (including phenoxy) is 3. The minimum Gasteiger partial charge on any atom is -0.497 e. The van der Waals surface area contributed by atoms with Gasteiger partial charge in [0, 0.05) is 12.6 Å². The maximum atomic E-state index is 10.0. The lowest BCUT2D eigenvalue weighted by Crippen LogP contribution is -2.30. The summed E-state index contributed by atoms with van der Waals surface area (Å²) in [6.45, 7) is 0.894. The number of aliphatic hydroxyl groups excluding tert-OH is 1. The first kappa shape index (κ1) is 22.1. The highest BCUT2D eigenvalue weighted by Crippen LogP contribution is 2.25. The van der Waals surface area contributed by atoms with Crippen molar-refractivity contribution < 1.29 is 19.3 Å². The van der Waals surface area contributed by atoms with Crippen LogP contribution in [-0.2, 0) is 12.8 Å². The van der Waals surface area contributed by atoms with Crippen molar-refractivity contribution >= 4 is 0 Å². The second-order valence-electron chi connectivity index (χ2n) is 7.26. The van der Waals surface area contributed by atoms with E-state index in [1.165, 1.54) is 11.1 Å². The van der Waals surface area contributed by atoms with E-state index in [1.54, 1.807) is 14.2 Å². The lowest BCUT2D eigenvalue weighted by atomic mass is 10.0. The molecular weight excluding hydrogens is 354 g/mol. The molecule has 0 fully saturated rings. The van der Waals surface area contributed by atoms with Crippen LogP contribution in [0.25, 0.3) is 0 Å². The van der Waals surface area contributed by atoms with Gasteiger partial charge in [-0.2, -0.15) is 0 Å². The number of aliphatic hydroxyl groups is 1. The van der Waals surface area contributed by atoms with Gasteiger partial charge >= 0.3 is 0 Å². The normalized spacial score (nSPS) is 12.1. The molecule has 2 aromatic rings. The van der Waals surface area contributed by atoms with Gasteiger partial charge < -0.3 is 24.2 Å². The molecule has 0 bridgehead atoms. The number of benzene rings is 2. The van der Waals surface area contributed by atoms with Crippen molar-refractivity contribution in [2.45, 2.75) is 31.8 Å². The fourth-order valence-electron chi connectivity index (χ4n) is 3.17. The first-order valence-corrected chi connectivity index (χ1v) is 9.77. The Labute approximate surface area is 168 Å². The molecule has 28 heavy (non-hydrogen) atoms. The van der Waals surface area contributed by atoms with Gasteiger partial charge in [0.05, 0.1) is 14.2 Å². The summed E-state index contributed by atoms with van der Waals surface area (Å²) in [6.07, 6.45) is 3.54. The van der Waals surface area contributed by atoms with E-state index in [0.29, 0.717) is 13.2 Å². The molecule has 0 spiro atoms. The molecule has 1 unspecified atom stereocenters. The van der Waals surface area contributed by atoms with Gasteiger partial charge in [0.15, 0.2) is 0 Å². The maximum absolute atomic E-state index is 10.0. The number of hydrogen-bond donors (Lipinski definition) is 1. The zero-order chi connectivity index (χ0) is 20.4. The average Bonchev–Trinajstić information content (AvgIpc) is 2.69. The summed E-state index contributed by atoms with van der Waals surface area (Å²) in [5.74, 6) is 2.51. The zero-order valence-corrected chi connectivity index (χ0v) is 17.5. The third kappa shape index (κ3) is 7.41. The van der Waals surface area contributed by atoms with Crippen molar-refractivity contribution in [2.75, 3.05) is 41.5 Å². The minimum absolute atomic E-state index is 0.304. The number of rotatable bonds is 12. The third-order valence-electron chi connectivity index (χ3n) is 4.55. The number of likely N-dealkylation sites (N-methyl/N-ethyl adjacent to an activating group) is 1. The summed E-state index contributed by atoms with van der Waals surface area (Å²) >= 11 is 0. The largest absolute Gasteiger partial charge is 0.497 e. The Hall–Kier alpha value is -2.24. The highest BCUT2D eigenvalue weighted by atomic mass is 16.5. The van der Waals surface area contributed by atoms with Crippen molar-refractivity contribution in [2.24, 2.45) is 0 Å². The molecule has 0 heterocycles. The highest BCUT2D eigenvalue weighted by Gasteiger charge is 2.09. The molecular formula is C23H33NO4. The first-order chi connectivity index (χ1) is 13.5. The predicted molar refractivity (Wildman–Crippen MR) is 113 cm³/mol. The quantitative estimate of drug-likeness (QED) is 0.564. The topological polar surface area (TPSA) is 51.2 Å². The molecule has 0 saturated heterocycles. The smallest absolute Gasteiger partial charge is 0.122 e. The van der Waals surface area contributed by atoms with Gasteiger partial charge in [0.2, 0.25) is 0 Å². The van der Waals surface area contributed by atoms with E-state index in [0.717, 1.165) is 42.9 Å². The highest BCUT2D eigenvalue weighted by molar-refractivity contribution is 5.38. The summed E-state index contributed by atoms with van der Waals surface area (Å²) in [6, 6.07) is 14.1. The number of methoxy groups -OCH3 is 2. The second-order valence-corrected chi connectivity index (χ2v) is 7.26. The molecule has 5 nitrogen and oxygen atoms in total. The average molecular weight is 388 g/mol. The number of hydrogen-bond acceptors (Lipinski definition) is 5. The van der Waals surface area contributed by atoms with Crippen molar-refractivity contribution in [1.29, 1.82) is 0 Å². The molecule has 0 aromatic heterocycles. The van der Waals surface area contributed by atoms with Crippen LogP contribution in [0.5, 0.6) is 17.2 Å². The van der Waals surface area contributed by atoms with Gasteiger partial charge in [-0.1, -0.05) is 18.2 Å². The Morgan fingerprint density at radius 1 is 0.929 bits per heavy atom. The van der Waals surface area contributed by atoms with Crippen LogP contribution in [0.4, 0.5) is 0 Å². The van der Waals surface area contributed by atoms with Crippen molar-refractivity contribution in [3.8, 4) is 17.2 Å². The second kappa shape index (κ2) is 11.6. The lowest BCUT2D eigenvalue weighted by molar-refractivity contribution is 0.0827. The molecule has 0 aliphatic heterocycles. The summed E-state index contributed by atoms with van der Waals surface area (Å²) in [5, 5.41) is 10.0. The first-order valence-electron chi connectivity index (χ1n) is 9.77. The Morgan fingerprint density at radius 3 is 2.21 bits per heavy atom. The van der Waals surface area contributed by atoms with Crippen molar-refractivity contribution in [3.63, 3.8) is 0 Å².